The first-order chi connectivity index (χ1) is 14.5. The van der Waals surface area contributed by atoms with Crippen molar-refractivity contribution in [2.75, 3.05) is 12.4 Å². The van der Waals surface area contributed by atoms with E-state index in [1.165, 1.54) is 44.6 Å². The van der Waals surface area contributed by atoms with Gasteiger partial charge in [0.2, 0.25) is 16.0 Å². The van der Waals surface area contributed by atoms with E-state index in [0.29, 0.717) is 12.1 Å². The van der Waals surface area contributed by atoms with Gasteiger partial charge in [-0.05, 0) is 38.5 Å². The first-order valence-corrected chi connectivity index (χ1v) is 11.3. The maximum atomic E-state index is 15.0. The number of guanidine groups is 1. The molecule has 1 saturated heterocycles. The van der Waals surface area contributed by atoms with Crippen LogP contribution in [0.1, 0.15) is 48.4 Å². The van der Waals surface area contributed by atoms with E-state index < -0.39 is 32.5 Å². The Hall–Kier alpha value is -3.08. The highest BCUT2D eigenvalue weighted by Crippen LogP contribution is 2.40. The highest BCUT2D eigenvalue weighted by atomic mass is 32.2. The summed E-state index contributed by atoms with van der Waals surface area (Å²) in [6.07, 6.45) is 3.60. The van der Waals surface area contributed by atoms with Crippen molar-refractivity contribution in [2.24, 2.45) is 0 Å². The number of halogens is 1. The summed E-state index contributed by atoms with van der Waals surface area (Å²) in [4.78, 5) is 20.6. The fourth-order valence-corrected chi connectivity index (χ4v) is 5.33. The molecule has 0 spiro atoms. The zero-order valence-corrected chi connectivity index (χ0v) is 18.5. The summed E-state index contributed by atoms with van der Waals surface area (Å²) in [5, 5.41) is 12.6. The molecule has 0 saturated carbocycles. The van der Waals surface area contributed by atoms with Crippen LogP contribution in [0, 0.1) is 18.2 Å². The van der Waals surface area contributed by atoms with Gasteiger partial charge in [-0.1, -0.05) is 13.3 Å². The third-order valence-electron chi connectivity index (χ3n) is 5.54. The van der Waals surface area contributed by atoms with E-state index in [1.807, 2.05) is 6.92 Å². The minimum absolute atomic E-state index is 0.0658. The third-order valence-corrected chi connectivity index (χ3v) is 7.78. The zero-order valence-electron chi connectivity index (χ0n) is 17.7. The Kier molecular flexibility index (Phi) is 5.99. The average Bonchev–Trinajstić information content (AvgIpc) is 2.73. The number of rotatable bonds is 5. The Morgan fingerprint density at radius 1 is 1.35 bits per heavy atom. The smallest absolute Gasteiger partial charge is 0.275 e. The molecule has 1 aromatic carbocycles. The molecular formula is C20H25FN6O3S. The first-order valence-electron chi connectivity index (χ1n) is 9.77. The number of benzene rings is 1. The van der Waals surface area contributed by atoms with Crippen LogP contribution in [-0.2, 0) is 15.6 Å². The van der Waals surface area contributed by atoms with Gasteiger partial charge < -0.3 is 10.6 Å². The van der Waals surface area contributed by atoms with Gasteiger partial charge >= 0.3 is 0 Å². The van der Waals surface area contributed by atoms with E-state index >= 15 is 4.39 Å². The van der Waals surface area contributed by atoms with E-state index in [9.17, 15) is 13.2 Å². The molecule has 1 aromatic heterocycles. The van der Waals surface area contributed by atoms with Crippen LogP contribution in [0.2, 0.25) is 0 Å². The molecule has 1 aliphatic rings. The van der Waals surface area contributed by atoms with Crippen LogP contribution in [0.3, 0.4) is 0 Å². The Morgan fingerprint density at radius 2 is 2.06 bits per heavy atom. The number of carbonyl (C=O) groups excluding carboxylic acids is 1. The molecule has 3 N–H and O–H groups in total. The normalized spacial score (nSPS) is 22.7. The number of hydrogen-bond donors (Lipinski definition) is 3. The number of aryl methyl sites for hydroxylation is 1. The highest BCUT2D eigenvalue weighted by Gasteiger charge is 2.52. The summed E-state index contributed by atoms with van der Waals surface area (Å²) in [5.41, 5.74) is -0.277. The van der Waals surface area contributed by atoms with Crippen LogP contribution < -0.4 is 10.6 Å². The first kappa shape index (κ1) is 22.6. The fraction of sp³-hybridized carbons (Fsp3) is 0.400. The average molecular weight is 449 g/mol. The largest absolute Gasteiger partial charge is 0.345 e. The second-order valence-electron chi connectivity index (χ2n) is 7.54. The topological polar surface area (TPSA) is 128 Å². The standard InChI is InChI=1S/C20H25FN6O3S/c1-5-8-20(13(3)31(29,30)27(4)19(22)26-20)15-9-14(6-7-16(15)21)25-18(28)17-11-23-12(2)10-24-17/h6-7,9-11,13H,5,8H2,1-4H3,(H2,22,26)(H,25,28)/t13-,20+/m1/s1. The van der Waals surface area contributed by atoms with Crippen molar-refractivity contribution in [1.82, 2.24) is 19.6 Å². The number of nitrogens with zero attached hydrogens (tertiary/aromatic N) is 3. The molecular weight excluding hydrogens is 423 g/mol. The number of sulfonamides is 1. The molecule has 1 fully saturated rings. The summed E-state index contributed by atoms with van der Waals surface area (Å²) < 4.78 is 41.7. The maximum Gasteiger partial charge on any atom is 0.275 e. The maximum absolute atomic E-state index is 15.0. The van der Waals surface area contributed by atoms with E-state index in [2.05, 4.69) is 20.6 Å². The van der Waals surface area contributed by atoms with E-state index in [4.69, 9.17) is 5.41 Å². The minimum atomic E-state index is -3.89. The van der Waals surface area contributed by atoms with Gasteiger partial charge in [0.15, 0.2) is 0 Å². The predicted molar refractivity (Wildman–Crippen MR) is 115 cm³/mol. The van der Waals surface area contributed by atoms with Crippen molar-refractivity contribution < 1.29 is 17.6 Å². The Balaban J connectivity index is 2.04. The van der Waals surface area contributed by atoms with Crippen molar-refractivity contribution in [1.29, 1.82) is 5.41 Å². The predicted octanol–water partition coefficient (Wildman–Crippen LogP) is 2.36. The lowest BCUT2D eigenvalue weighted by Crippen LogP contribution is -2.66. The monoisotopic (exact) mass is 448 g/mol. The van der Waals surface area contributed by atoms with Gasteiger partial charge in [-0.3, -0.25) is 15.2 Å². The Morgan fingerprint density at radius 3 is 2.68 bits per heavy atom. The molecule has 9 nitrogen and oxygen atoms in total. The van der Waals surface area contributed by atoms with Gasteiger partial charge in [-0.2, -0.15) is 0 Å². The van der Waals surface area contributed by atoms with Gasteiger partial charge in [0.05, 0.1) is 17.4 Å². The van der Waals surface area contributed by atoms with E-state index in [1.54, 1.807) is 6.92 Å². The van der Waals surface area contributed by atoms with Gasteiger partial charge in [0, 0.05) is 24.5 Å². The number of amides is 1. The lowest BCUT2D eigenvalue weighted by molar-refractivity contribution is 0.102. The molecule has 1 amide bonds. The van der Waals surface area contributed by atoms with Gasteiger partial charge in [0.1, 0.15) is 16.8 Å². The molecule has 0 bridgehead atoms. The lowest BCUT2D eigenvalue weighted by atomic mass is 9.82. The summed E-state index contributed by atoms with van der Waals surface area (Å²) in [5.74, 6) is -1.50. The summed E-state index contributed by atoms with van der Waals surface area (Å²) in [6, 6.07) is 3.96. The van der Waals surface area contributed by atoms with Crippen LogP contribution in [-0.4, -0.2) is 46.9 Å². The van der Waals surface area contributed by atoms with Crippen LogP contribution in [0.25, 0.3) is 0 Å². The summed E-state index contributed by atoms with van der Waals surface area (Å²) in [6.45, 7) is 5.09. The van der Waals surface area contributed by atoms with Gasteiger partial charge in [-0.15, -0.1) is 0 Å². The fourth-order valence-electron chi connectivity index (χ4n) is 3.74. The van der Waals surface area contributed by atoms with Crippen molar-refractivity contribution in [2.45, 2.75) is 44.4 Å². The number of nitrogens with one attached hydrogen (secondary N) is 3. The van der Waals surface area contributed by atoms with Crippen molar-refractivity contribution >= 4 is 27.6 Å². The van der Waals surface area contributed by atoms with E-state index in [-0.39, 0.29) is 29.3 Å². The van der Waals surface area contributed by atoms with Gasteiger partial charge in [-0.25, -0.2) is 22.1 Å². The van der Waals surface area contributed by atoms with Crippen LogP contribution in [0.5, 0.6) is 0 Å². The molecule has 3 rings (SSSR count). The SMILES string of the molecule is CCC[C@]1(c2cc(NC(=O)c3cnc(C)cn3)ccc2F)NC(=N)N(C)S(=O)(=O)[C@@H]1C. The molecule has 0 aliphatic carbocycles. The molecule has 0 radical (unpaired) electrons. The quantitative estimate of drug-likeness (QED) is 0.644. The Labute approximate surface area is 180 Å². The zero-order chi connectivity index (χ0) is 23.0. The molecule has 2 atom stereocenters. The number of anilines is 1. The van der Waals surface area contributed by atoms with E-state index in [0.717, 1.165) is 4.31 Å². The molecule has 2 heterocycles. The number of hydrogen-bond acceptors (Lipinski definition) is 6. The third kappa shape index (κ3) is 3.97. The molecule has 11 heteroatoms. The summed E-state index contributed by atoms with van der Waals surface area (Å²) in [7, 11) is -2.61. The molecule has 2 aromatic rings. The van der Waals surface area contributed by atoms with Crippen LogP contribution in [0.15, 0.2) is 30.6 Å². The van der Waals surface area contributed by atoms with Crippen LogP contribution >= 0.6 is 0 Å². The number of carbonyl (C=O) groups is 1. The molecule has 31 heavy (non-hydrogen) atoms. The summed E-state index contributed by atoms with van der Waals surface area (Å²) >= 11 is 0. The van der Waals surface area contributed by atoms with Crippen molar-refractivity contribution in [3.63, 3.8) is 0 Å². The molecule has 166 valence electrons. The second kappa shape index (κ2) is 8.22. The minimum Gasteiger partial charge on any atom is -0.345 e. The molecule has 0 unspecified atom stereocenters. The molecule has 1 aliphatic heterocycles. The van der Waals surface area contributed by atoms with Gasteiger partial charge in [0.25, 0.3) is 5.91 Å². The number of aromatic nitrogens is 2. The van der Waals surface area contributed by atoms with Crippen molar-refractivity contribution in [3.05, 3.63) is 53.4 Å². The van der Waals surface area contributed by atoms with Crippen molar-refractivity contribution in [3.8, 4) is 0 Å². The highest BCUT2D eigenvalue weighted by molar-refractivity contribution is 7.90. The lowest BCUT2D eigenvalue weighted by Gasteiger charge is -2.47. The van der Waals surface area contributed by atoms with Crippen LogP contribution in [0.4, 0.5) is 10.1 Å². The Bertz CT molecular complexity index is 1120. The second-order valence-corrected chi connectivity index (χ2v) is 9.83.